The number of rotatable bonds is 15. The van der Waals surface area contributed by atoms with Gasteiger partial charge in [0, 0.05) is 65.3 Å². The summed E-state index contributed by atoms with van der Waals surface area (Å²) in [6, 6.07) is 29.5. The SMILES string of the molecule is C=C1C=CC(=O)N1Cc1ccccc1.O=C1C=CC(O)(CSCCO)N1Cc1ccccc1.O=C1CC=C(CSCCO)N1Cc1ccccc1.OCCS. The highest BCUT2D eigenvalue weighted by atomic mass is 32.2. The molecule has 3 aromatic carbocycles. The molecule has 1 atom stereocenters. The zero-order valence-electron chi connectivity index (χ0n) is 30.9. The maximum absolute atomic E-state index is 11.8. The Kier molecular flexibility index (Phi) is 20.7. The van der Waals surface area contributed by atoms with Gasteiger partial charge < -0.3 is 35.1 Å². The van der Waals surface area contributed by atoms with E-state index in [1.807, 2.05) is 102 Å². The molecule has 6 rings (SSSR count). The Balaban J connectivity index is 0.000000213. The summed E-state index contributed by atoms with van der Waals surface area (Å²) in [6.07, 6.45) is 8.72. The minimum absolute atomic E-state index is 0.0128. The lowest BCUT2D eigenvalue weighted by atomic mass is 10.2. The van der Waals surface area contributed by atoms with E-state index in [1.54, 1.807) is 28.8 Å². The van der Waals surface area contributed by atoms with Crippen molar-refractivity contribution in [1.29, 1.82) is 0 Å². The summed E-state index contributed by atoms with van der Waals surface area (Å²) in [4.78, 5) is 40.0. The zero-order chi connectivity index (χ0) is 39.9. The normalized spacial score (nSPS) is 17.0. The van der Waals surface area contributed by atoms with Gasteiger partial charge in [0.1, 0.15) is 0 Å². The molecule has 4 N–H and O–H groups in total. The van der Waals surface area contributed by atoms with E-state index < -0.39 is 5.72 Å². The van der Waals surface area contributed by atoms with Gasteiger partial charge in [-0.1, -0.05) is 104 Å². The highest BCUT2D eigenvalue weighted by Crippen LogP contribution is 2.28. The largest absolute Gasteiger partial charge is 0.396 e. The minimum atomic E-state index is -1.26. The second kappa shape index (κ2) is 25.2. The van der Waals surface area contributed by atoms with Gasteiger partial charge in [0.15, 0.2) is 5.72 Å². The van der Waals surface area contributed by atoms with E-state index in [0.29, 0.717) is 49.1 Å². The van der Waals surface area contributed by atoms with Crippen molar-refractivity contribution in [2.24, 2.45) is 0 Å². The number of benzene rings is 3. The predicted molar refractivity (Wildman–Crippen MR) is 226 cm³/mol. The molecule has 0 bridgehead atoms. The monoisotopic (exact) mass is 805 g/mol. The molecule has 0 saturated carbocycles. The van der Waals surface area contributed by atoms with Crippen molar-refractivity contribution in [1.82, 2.24) is 14.7 Å². The zero-order valence-corrected chi connectivity index (χ0v) is 33.4. The lowest BCUT2D eigenvalue weighted by Crippen LogP contribution is -2.47. The van der Waals surface area contributed by atoms with Gasteiger partial charge in [-0.25, -0.2) is 0 Å². The standard InChI is InChI=1S/C14H17NO3S.C14H17NO2S.C12H11NO.C2H6OS/c16-8-9-19-11-14(18)7-6-13(17)15(14)10-12-4-2-1-3-5-12;16-8-9-18-11-13-6-7-14(17)15(13)10-12-4-2-1-3-5-12;1-10-7-8-12(14)13(10)9-11-5-3-2-4-6-11;3-1-2-4/h1-7,16,18H,8-11H2;1-6,16H,7-11H2;2-8H,1,9H2;3-4H,1-2H2. The number of aliphatic hydroxyl groups excluding tert-OH is 3. The first-order valence-electron chi connectivity index (χ1n) is 17.8. The Morgan fingerprint density at radius 1 is 0.673 bits per heavy atom. The second-order valence-corrected chi connectivity index (χ2v) is 14.9. The van der Waals surface area contributed by atoms with Gasteiger partial charge in [-0.3, -0.25) is 14.4 Å². The molecule has 0 aliphatic carbocycles. The number of hydrogen-bond acceptors (Lipinski definition) is 10. The topological polar surface area (TPSA) is 142 Å². The first-order chi connectivity index (χ1) is 26.6. The van der Waals surface area contributed by atoms with Crippen molar-refractivity contribution in [3.05, 3.63) is 156 Å². The fourth-order valence-electron chi connectivity index (χ4n) is 5.32. The molecular formula is C42H51N3O7S3. The summed E-state index contributed by atoms with van der Waals surface area (Å²) in [7, 11) is 0. The summed E-state index contributed by atoms with van der Waals surface area (Å²) in [6.45, 7) is 5.86. The van der Waals surface area contributed by atoms with Crippen molar-refractivity contribution in [3.8, 4) is 0 Å². The smallest absolute Gasteiger partial charge is 0.251 e. The number of carbonyl (C=O) groups excluding carboxylic acids is 3. The number of carbonyl (C=O) groups is 3. The van der Waals surface area contributed by atoms with Crippen LogP contribution in [-0.4, -0.2) is 107 Å². The number of hydrogen-bond donors (Lipinski definition) is 5. The lowest BCUT2D eigenvalue weighted by molar-refractivity contribution is -0.139. The van der Waals surface area contributed by atoms with Crippen molar-refractivity contribution < 1.29 is 34.8 Å². The van der Waals surface area contributed by atoms with Crippen LogP contribution in [0.5, 0.6) is 0 Å². The van der Waals surface area contributed by atoms with Crippen LogP contribution in [0.2, 0.25) is 0 Å². The molecule has 0 aromatic heterocycles. The van der Waals surface area contributed by atoms with Gasteiger partial charge in [-0.05, 0) is 28.8 Å². The molecule has 1 unspecified atom stereocenters. The summed E-state index contributed by atoms with van der Waals surface area (Å²) >= 11 is 6.75. The third kappa shape index (κ3) is 15.5. The summed E-state index contributed by atoms with van der Waals surface area (Å²) < 4.78 is 0. The molecule has 0 radical (unpaired) electrons. The van der Waals surface area contributed by atoms with E-state index in [-0.39, 0.29) is 37.5 Å². The van der Waals surface area contributed by atoms with Gasteiger partial charge in [-0.15, -0.1) is 0 Å². The number of allylic oxidation sites excluding steroid dienone is 1. The molecular weight excluding hydrogens is 755 g/mol. The molecule has 10 nitrogen and oxygen atoms in total. The van der Waals surface area contributed by atoms with Gasteiger partial charge in [0.25, 0.3) is 5.91 Å². The van der Waals surface area contributed by atoms with Crippen LogP contribution < -0.4 is 0 Å². The predicted octanol–water partition coefficient (Wildman–Crippen LogP) is 5.03. The summed E-state index contributed by atoms with van der Waals surface area (Å²) in [5.41, 5.74) is 3.81. The Bertz CT molecular complexity index is 1710. The van der Waals surface area contributed by atoms with Crippen molar-refractivity contribution in [2.75, 3.05) is 48.6 Å². The summed E-state index contributed by atoms with van der Waals surface area (Å²) in [5, 5.41) is 35.9. The molecule has 3 aliphatic rings. The van der Waals surface area contributed by atoms with E-state index in [1.165, 1.54) is 28.8 Å². The quantitative estimate of drug-likeness (QED) is 0.106. The van der Waals surface area contributed by atoms with Crippen LogP contribution in [0.25, 0.3) is 0 Å². The fourth-order valence-corrected chi connectivity index (χ4v) is 6.91. The van der Waals surface area contributed by atoms with Crippen LogP contribution in [0, 0.1) is 0 Å². The Morgan fingerprint density at radius 2 is 1.18 bits per heavy atom. The molecule has 3 aromatic rings. The second-order valence-electron chi connectivity index (χ2n) is 12.2. The molecule has 294 valence electrons. The number of nitrogens with zero attached hydrogens (tertiary/aromatic N) is 3. The third-order valence-corrected chi connectivity index (χ3v) is 10.4. The third-order valence-electron chi connectivity index (χ3n) is 8.10. The highest BCUT2D eigenvalue weighted by molar-refractivity contribution is 7.99. The number of amides is 3. The van der Waals surface area contributed by atoms with Crippen LogP contribution in [0.3, 0.4) is 0 Å². The van der Waals surface area contributed by atoms with Crippen LogP contribution >= 0.6 is 36.2 Å². The number of thioether (sulfide) groups is 2. The van der Waals surface area contributed by atoms with Crippen molar-refractivity contribution in [3.63, 3.8) is 0 Å². The van der Waals surface area contributed by atoms with Gasteiger partial charge in [0.2, 0.25) is 11.8 Å². The van der Waals surface area contributed by atoms with Crippen LogP contribution in [0.15, 0.2) is 139 Å². The van der Waals surface area contributed by atoms with E-state index in [2.05, 4.69) is 19.2 Å². The summed E-state index contributed by atoms with van der Waals surface area (Å²) in [5.74, 6) is 2.98. The van der Waals surface area contributed by atoms with Gasteiger partial charge in [-0.2, -0.15) is 36.2 Å². The number of aliphatic hydroxyl groups is 4. The number of thiol groups is 1. The van der Waals surface area contributed by atoms with Crippen molar-refractivity contribution >= 4 is 53.9 Å². The molecule has 3 amide bonds. The van der Waals surface area contributed by atoms with Crippen LogP contribution in [0.4, 0.5) is 0 Å². The minimum Gasteiger partial charge on any atom is -0.396 e. The Hall–Kier alpha value is -4.08. The Morgan fingerprint density at radius 3 is 1.67 bits per heavy atom. The average Bonchev–Trinajstić information content (AvgIpc) is 3.82. The average molecular weight is 806 g/mol. The van der Waals surface area contributed by atoms with Gasteiger partial charge in [0.05, 0.1) is 32.9 Å². The van der Waals surface area contributed by atoms with Crippen LogP contribution in [0.1, 0.15) is 23.1 Å². The maximum atomic E-state index is 11.8. The first kappa shape index (κ1) is 45.3. The first-order valence-corrected chi connectivity index (χ1v) is 20.7. The molecule has 13 heteroatoms. The molecule has 0 fully saturated rings. The molecule has 55 heavy (non-hydrogen) atoms. The van der Waals surface area contributed by atoms with E-state index >= 15 is 0 Å². The van der Waals surface area contributed by atoms with Crippen molar-refractivity contribution in [2.45, 2.75) is 31.8 Å². The Labute approximate surface area is 338 Å². The highest BCUT2D eigenvalue weighted by Gasteiger charge is 2.39. The molecule has 3 heterocycles. The van der Waals surface area contributed by atoms with E-state index in [0.717, 1.165) is 33.8 Å². The van der Waals surface area contributed by atoms with E-state index in [9.17, 15) is 19.5 Å². The fraction of sp³-hybridized carbons (Fsp3) is 0.310. The van der Waals surface area contributed by atoms with Gasteiger partial charge >= 0.3 is 0 Å². The van der Waals surface area contributed by atoms with Crippen LogP contribution in [-0.2, 0) is 34.0 Å². The lowest BCUT2D eigenvalue weighted by Gasteiger charge is -2.33. The maximum Gasteiger partial charge on any atom is 0.251 e. The molecule has 0 spiro atoms. The molecule has 0 saturated heterocycles. The molecule has 3 aliphatic heterocycles. The van der Waals surface area contributed by atoms with E-state index in [4.69, 9.17) is 15.3 Å².